The molecule has 6 nitrogen and oxygen atoms in total. The van der Waals surface area contributed by atoms with Gasteiger partial charge in [-0.25, -0.2) is 9.97 Å². The summed E-state index contributed by atoms with van der Waals surface area (Å²) in [5.41, 5.74) is 5.40. The van der Waals surface area contributed by atoms with Gasteiger partial charge in [0.15, 0.2) is 5.82 Å². The van der Waals surface area contributed by atoms with Crippen molar-refractivity contribution in [1.29, 1.82) is 5.26 Å². The van der Waals surface area contributed by atoms with Crippen molar-refractivity contribution in [3.63, 3.8) is 0 Å². The van der Waals surface area contributed by atoms with Crippen LogP contribution >= 0.6 is 0 Å². The van der Waals surface area contributed by atoms with E-state index in [9.17, 15) is 5.26 Å². The molecule has 0 saturated carbocycles. The number of anilines is 1. The molecule has 1 fully saturated rings. The maximum Gasteiger partial charge on any atom is 0.161 e. The van der Waals surface area contributed by atoms with Gasteiger partial charge in [-0.05, 0) is 24.7 Å². The van der Waals surface area contributed by atoms with Crippen molar-refractivity contribution in [2.45, 2.75) is 19.5 Å². The number of rotatable bonds is 4. The van der Waals surface area contributed by atoms with E-state index in [1.807, 2.05) is 36.4 Å². The van der Waals surface area contributed by atoms with Crippen molar-refractivity contribution in [1.82, 2.24) is 19.8 Å². The zero-order valence-electron chi connectivity index (χ0n) is 18.5. The highest BCUT2D eigenvalue weighted by Gasteiger charge is 2.27. The van der Waals surface area contributed by atoms with Crippen molar-refractivity contribution in [3.8, 4) is 17.5 Å². The van der Waals surface area contributed by atoms with E-state index in [0.29, 0.717) is 5.56 Å². The number of aromatic nitrogens is 2. The van der Waals surface area contributed by atoms with Crippen LogP contribution in [0, 0.1) is 11.3 Å². The Kier molecular flexibility index (Phi) is 5.85. The molecule has 1 aromatic heterocycles. The Balaban J connectivity index is 1.47. The summed E-state index contributed by atoms with van der Waals surface area (Å²) in [6, 6.07) is 20.5. The van der Waals surface area contributed by atoms with Crippen LogP contribution in [0.5, 0.6) is 0 Å². The highest BCUT2D eigenvalue weighted by molar-refractivity contribution is 5.61. The summed E-state index contributed by atoms with van der Waals surface area (Å²) in [4.78, 5) is 17.4. The Morgan fingerprint density at radius 1 is 0.938 bits per heavy atom. The Labute approximate surface area is 189 Å². The molecule has 162 valence electrons. The van der Waals surface area contributed by atoms with Crippen LogP contribution in [0.25, 0.3) is 11.4 Å². The van der Waals surface area contributed by atoms with E-state index in [4.69, 9.17) is 9.97 Å². The minimum absolute atomic E-state index is 0.717. The summed E-state index contributed by atoms with van der Waals surface area (Å²) in [5, 5.41) is 9.23. The molecular weight excluding hydrogens is 396 g/mol. The molecule has 0 N–H and O–H groups in total. The van der Waals surface area contributed by atoms with E-state index in [0.717, 1.165) is 69.4 Å². The van der Waals surface area contributed by atoms with Gasteiger partial charge < -0.3 is 9.80 Å². The molecule has 2 aromatic carbocycles. The summed E-state index contributed by atoms with van der Waals surface area (Å²) in [7, 11) is 2.18. The Morgan fingerprint density at radius 2 is 1.75 bits per heavy atom. The molecule has 3 aromatic rings. The van der Waals surface area contributed by atoms with Crippen molar-refractivity contribution < 1.29 is 0 Å². The standard InChI is InChI=1S/C26H28N6/c1-30-12-14-32(15-13-30)26-23-19-31(18-21-7-5-6-20(16-21)17-27)11-10-24(23)28-25(29-26)22-8-3-2-4-9-22/h2-9,16H,10-15,18-19H2,1H3. The summed E-state index contributed by atoms with van der Waals surface area (Å²) in [5.74, 6) is 1.92. The molecule has 0 atom stereocenters. The maximum atomic E-state index is 9.23. The number of hydrogen-bond donors (Lipinski definition) is 0. The number of piperazine rings is 1. The van der Waals surface area contributed by atoms with Crippen molar-refractivity contribution >= 4 is 5.82 Å². The highest BCUT2D eigenvalue weighted by atomic mass is 15.3. The zero-order valence-corrected chi connectivity index (χ0v) is 18.5. The number of nitriles is 1. The first-order chi connectivity index (χ1) is 15.7. The molecular formula is C26H28N6. The third-order valence-corrected chi connectivity index (χ3v) is 6.41. The van der Waals surface area contributed by atoms with Crippen LogP contribution in [0.3, 0.4) is 0 Å². The molecule has 1 saturated heterocycles. The molecule has 0 amide bonds. The fourth-order valence-electron chi connectivity index (χ4n) is 4.58. The Bertz CT molecular complexity index is 1130. The lowest BCUT2D eigenvalue weighted by molar-refractivity contribution is 0.242. The lowest BCUT2D eigenvalue weighted by atomic mass is 10.0. The number of nitrogens with zero attached hydrogens (tertiary/aromatic N) is 6. The Morgan fingerprint density at radius 3 is 2.53 bits per heavy atom. The van der Waals surface area contributed by atoms with Crippen LogP contribution in [0.1, 0.15) is 22.4 Å². The van der Waals surface area contributed by atoms with E-state index < -0.39 is 0 Å². The first-order valence-corrected chi connectivity index (χ1v) is 11.3. The third-order valence-electron chi connectivity index (χ3n) is 6.41. The van der Waals surface area contributed by atoms with E-state index in [-0.39, 0.29) is 0 Å². The molecule has 0 unspecified atom stereocenters. The monoisotopic (exact) mass is 424 g/mol. The largest absolute Gasteiger partial charge is 0.354 e. The third kappa shape index (κ3) is 4.36. The van der Waals surface area contributed by atoms with E-state index in [2.05, 4.69) is 46.0 Å². The quantitative estimate of drug-likeness (QED) is 0.640. The van der Waals surface area contributed by atoms with Crippen LogP contribution in [0.4, 0.5) is 5.82 Å². The summed E-state index contributed by atoms with van der Waals surface area (Å²) < 4.78 is 0. The second-order valence-electron chi connectivity index (χ2n) is 8.73. The number of benzene rings is 2. The summed E-state index contributed by atoms with van der Waals surface area (Å²) in [6.45, 7) is 6.68. The van der Waals surface area contributed by atoms with Crippen molar-refractivity contribution in [3.05, 3.63) is 77.0 Å². The zero-order chi connectivity index (χ0) is 21.9. The van der Waals surface area contributed by atoms with Gasteiger partial charge in [-0.3, -0.25) is 4.90 Å². The molecule has 5 rings (SSSR count). The lowest BCUT2D eigenvalue weighted by Gasteiger charge is -2.37. The van der Waals surface area contributed by atoms with E-state index >= 15 is 0 Å². The van der Waals surface area contributed by atoms with Crippen molar-refractivity contribution in [2.75, 3.05) is 44.7 Å². The maximum absolute atomic E-state index is 9.23. The predicted octanol–water partition coefficient (Wildman–Crippen LogP) is 3.33. The molecule has 0 spiro atoms. The molecule has 32 heavy (non-hydrogen) atoms. The molecule has 6 heteroatoms. The summed E-state index contributed by atoms with van der Waals surface area (Å²) in [6.07, 6.45) is 0.913. The van der Waals surface area contributed by atoms with Gasteiger partial charge in [0.25, 0.3) is 0 Å². The number of likely N-dealkylation sites (N-methyl/N-ethyl adjacent to an activating group) is 1. The molecule has 0 bridgehead atoms. The molecule has 2 aliphatic heterocycles. The van der Waals surface area contributed by atoms with E-state index in [1.54, 1.807) is 0 Å². The lowest BCUT2D eigenvalue weighted by Crippen LogP contribution is -2.46. The van der Waals surface area contributed by atoms with Crippen LogP contribution in [0.2, 0.25) is 0 Å². The van der Waals surface area contributed by atoms with Crippen LogP contribution < -0.4 is 4.90 Å². The molecule has 0 radical (unpaired) electrons. The first-order valence-electron chi connectivity index (χ1n) is 11.3. The number of fused-ring (bicyclic) bond motifs is 1. The van der Waals surface area contributed by atoms with Crippen LogP contribution in [0.15, 0.2) is 54.6 Å². The van der Waals surface area contributed by atoms with Gasteiger partial charge in [0, 0.05) is 63.4 Å². The minimum atomic E-state index is 0.717. The van der Waals surface area contributed by atoms with Gasteiger partial charge in [-0.1, -0.05) is 42.5 Å². The SMILES string of the molecule is CN1CCN(c2nc(-c3ccccc3)nc3c2CN(Cc2cccc(C#N)c2)CC3)CC1. The second kappa shape index (κ2) is 9.07. The minimum Gasteiger partial charge on any atom is -0.354 e. The van der Waals surface area contributed by atoms with Gasteiger partial charge in [0.2, 0.25) is 0 Å². The topological polar surface area (TPSA) is 59.3 Å². The molecule has 3 heterocycles. The van der Waals surface area contributed by atoms with Gasteiger partial charge in [-0.2, -0.15) is 5.26 Å². The average molecular weight is 425 g/mol. The molecule has 2 aliphatic rings. The molecule has 0 aliphatic carbocycles. The van der Waals surface area contributed by atoms with Gasteiger partial charge in [0.1, 0.15) is 5.82 Å². The fourth-order valence-corrected chi connectivity index (χ4v) is 4.58. The van der Waals surface area contributed by atoms with E-state index in [1.165, 1.54) is 16.8 Å². The number of hydrogen-bond acceptors (Lipinski definition) is 6. The van der Waals surface area contributed by atoms with Crippen LogP contribution in [-0.2, 0) is 19.5 Å². The van der Waals surface area contributed by atoms with Gasteiger partial charge >= 0.3 is 0 Å². The van der Waals surface area contributed by atoms with Gasteiger partial charge in [-0.15, -0.1) is 0 Å². The second-order valence-corrected chi connectivity index (χ2v) is 8.73. The normalized spacial score (nSPS) is 17.1. The van der Waals surface area contributed by atoms with Gasteiger partial charge in [0.05, 0.1) is 17.3 Å². The fraction of sp³-hybridized carbons (Fsp3) is 0.346. The smallest absolute Gasteiger partial charge is 0.161 e. The highest BCUT2D eigenvalue weighted by Crippen LogP contribution is 2.31. The predicted molar refractivity (Wildman–Crippen MR) is 126 cm³/mol. The van der Waals surface area contributed by atoms with Crippen molar-refractivity contribution in [2.24, 2.45) is 0 Å². The first kappa shape index (κ1) is 20.6. The Hall–Kier alpha value is -3.27. The van der Waals surface area contributed by atoms with Crippen LogP contribution in [-0.4, -0.2) is 59.5 Å². The summed E-state index contributed by atoms with van der Waals surface area (Å²) >= 11 is 0. The average Bonchev–Trinajstić information content (AvgIpc) is 2.84.